The van der Waals surface area contributed by atoms with Crippen LogP contribution in [0.4, 0.5) is 18.3 Å². The molecule has 1 aromatic carbocycles. The number of nitrogens with zero attached hydrogens (tertiary/aromatic N) is 3. The number of hydrogen-bond acceptors (Lipinski definition) is 6. The number of halogens is 3. The van der Waals surface area contributed by atoms with Crippen molar-refractivity contribution in [1.82, 2.24) is 15.5 Å². The number of aryl methyl sites for hydroxylation is 1. The van der Waals surface area contributed by atoms with Crippen LogP contribution >= 0.6 is 11.3 Å². The van der Waals surface area contributed by atoms with Crippen molar-refractivity contribution in [1.29, 1.82) is 0 Å². The van der Waals surface area contributed by atoms with E-state index in [-0.39, 0.29) is 28.3 Å². The quantitative estimate of drug-likeness (QED) is 0.550. The van der Waals surface area contributed by atoms with E-state index < -0.39 is 29.2 Å². The van der Waals surface area contributed by atoms with E-state index in [0.29, 0.717) is 12.8 Å². The summed E-state index contributed by atoms with van der Waals surface area (Å²) in [5.41, 5.74) is 6.98. The van der Waals surface area contributed by atoms with Crippen LogP contribution in [0, 0.1) is 5.92 Å². The van der Waals surface area contributed by atoms with Gasteiger partial charge in [-0.1, -0.05) is 61.6 Å². The third kappa shape index (κ3) is 7.41. The molecule has 3 N–H and O–H groups in total. The Morgan fingerprint density at radius 3 is 2.44 bits per heavy atom. The van der Waals surface area contributed by atoms with Gasteiger partial charge in [0.1, 0.15) is 0 Å². The standard InChI is InChI=1S/C21H26F3N5O2S/c1-13(2)17(25)18(31)26-15(10-9-14-7-5-4-6-8-14)11-12-16(30)29(3)20-28-27-19(32-20)21(22,23)24/h4-8,11-13,15,17H,9-10,25H2,1-3H3,(H,26,31)/t15-,17-/m0/s1. The largest absolute Gasteiger partial charge is 0.445 e. The van der Waals surface area contributed by atoms with Gasteiger partial charge in [-0.15, -0.1) is 10.2 Å². The minimum absolute atomic E-state index is 0.0678. The van der Waals surface area contributed by atoms with Crippen molar-refractivity contribution in [2.24, 2.45) is 11.7 Å². The Balaban J connectivity index is 2.10. The van der Waals surface area contributed by atoms with E-state index in [9.17, 15) is 22.8 Å². The van der Waals surface area contributed by atoms with Crippen molar-refractivity contribution in [3.05, 3.63) is 53.1 Å². The minimum Gasteiger partial charge on any atom is -0.349 e. The van der Waals surface area contributed by atoms with Crippen molar-refractivity contribution < 1.29 is 22.8 Å². The van der Waals surface area contributed by atoms with Crippen molar-refractivity contribution in [2.45, 2.75) is 44.9 Å². The fourth-order valence-electron chi connectivity index (χ4n) is 2.64. The molecule has 11 heteroatoms. The van der Waals surface area contributed by atoms with E-state index in [1.54, 1.807) is 0 Å². The first kappa shape index (κ1) is 25.5. The Morgan fingerprint density at radius 2 is 1.88 bits per heavy atom. The number of alkyl halides is 3. The van der Waals surface area contributed by atoms with Crippen molar-refractivity contribution in [2.75, 3.05) is 11.9 Å². The molecule has 2 amide bonds. The highest BCUT2D eigenvalue weighted by Crippen LogP contribution is 2.34. The number of rotatable bonds is 9. The van der Waals surface area contributed by atoms with E-state index in [0.717, 1.165) is 10.5 Å². The first-order chi connectivity index (χ1) is 15.0. The molecule has 0 aliphatic carbocycles. The zero-order valence-corrected chi connectivity index (χ0v) is 18.8. The van der Waals surface area contributed by atoms with Crippen LogP contribution in [-0.2, 0) is 22.2 Å². The number of carbonyl (C=O) groups excluding carboxylic acids is 2. The Kier molecular flexibility index (Phi) is 8.90. The molecule has 2 rings (SSSR count). The number of nitrogens with two attached hydrogens (primary N) is 1. The maximum absolute atomic E-state index is 12.7. The number of carbonyl (C=O) groups is 2. The molecule has 7 nitrogen and oxygen atoms in total. The van der Waals surface area contributed by atoms with Crippen molar-refractivity contribution in [3.63, 3.8) is 0 Å². The van der Waals surface area contributed by atoms with Crippen molar-refractivity contribution >= 4 is 28.3 Å². The molecule has 1 heterocycles. The highest BCUT2D eigenvalue weighted by molar-refractivity contribution is 7.15. The second-order valence-corrected chi connectivity index (χ2v) is 8.51. The lowest BCUT2D eigenvalue weighted by Gasteiger charge is -2.20. The van der Waals surface area contributed by atoms with Gasteiger partial charge in [0.2, 0.25) is 16.0 Å². The summed E-state index contributed by atoms with van der Waals surface area (Å²) in [5.74, 6) is -1.01. The predicted octanol–water partition coefficient (Wildman–Crippen LogP) is 3.18. The van der Waals surface area contributed by atoms with Crippen LogP contribution in [-0.4, -0.2) is 41.1 Å². The average molecular weight is 470 g/mol. The summed E-state index contributed by atoms with van der Waals surface area (Å²) in [5, 5.41) is 8.03. The first-order valence-corrected chi connectivity index (χ1v) is 10.8. The van der Waals surface area contributed by atoms with Gasteiger partial charge in [-0.25, -0.2) is 0 Å². The van der Waals surface area contributed by atoms with E-state index in [1.807, 2.05) is 44.2 Å². The second kappa shape index (κ2) is 11.2. The molecule has 174 valence electrons. The van der Waals surface area contributed by atoms with E-state index in [2.05, 4.69) is 15.5 Å². The van der Waals surface area contributed by atoms with Crippen LogP contribution in [0.2, 0.25) is 0 Å². The zero-order valence-electron chi connectivity index (χ0n) is 18.0. The molecule has 0 unspecified atom stereocenters. The van der Waals surface area contributed by atoms with Gasteiger partial charge in [0.25, 0.3) is 5.91 Å². The summed E-state index contributed by atoms with van der Waals surface area (Å²) >= 11 is 0.274. The molecule has 0 aliphatic heterocycles. The van der Waals surface area contributed by atoms with Crippen LogP contribution < -0.4 is 16.0 Å². The molecule has 0 bridgehead atoms. The summed E-state index contributed by atoms with van der Waals surface area (Å²) in [4.78, 5) is 25.9. The summed E-state index contributed by atoms with van der Waals surface area (Å²) in [6.45, 7) is 3.66. The van der Waals surface area contributed by atoms with Gasteiger partial charge in [-0.05, 0) is 24.3 Å². The highest BCUT2D eigenvalue weighted by atomic mass is 32.1. The van der Waals surface area contributed by atoms with Gasteiger partial charge in [0.05, 0.1) is 6.04 Å². The van der Waals surface area contributed by atoms with Gasteiger partial charge in [0, 0.05) is 19.2 Å². The Morgan fingerprint density at radius 1 is 1.22 bits per heavy atom. The van der Waals surface area contributed by atoms with E-state index in [1.165, 1.54) is 19.2 Å². The summed E-state index contributed by atoms with van der Waals surface area (Å²) < 4.78 is 38.2. The molecule has 32 heavy (non-hydrogen) atoms. The molecule has 2 aromatic rings. The van der Waals surface area contributed by atoms with Crippen LogP contribution in [0.1, 0.15) is 30.8 Å². The van der Waals surface area contributed by atoms with Gasteiger partial charge in [0.15, 0.2) is 0 Å². The van der Waals surface area contributed by atoms with Crippen LogP contribution in [0.15, 0.2) is 42.5 Å². The molecule has 2 atom stereocenters. The summed E-state index contributed by atoms with van der Waals surface area (Å²) in [7, 11) is 1.31. The number of hydrogen-bond donors (Lipinski definition) is 2. The lowest BCUT2D eigenvalue weighted by atomic mass is 10.0. The molecule has 0 radical (unpaired) electrons. The summed E-state index contributed by atoms with van der Waals surface area (Å²) in [6, 6.07) is 8.42. The van der Waals surface area contributed by atoms with E-state index >= 15 is 0 Å². The van der Waals surface area contributed by atoms with Crippen molar-refractivity contribution in [3.8, 4) is 0 Å². The number of aromatic nitrogens is 2. The van der Waals surface area contributed by atoms with Gasteiger partial charge < -0.3 is 11.1 Å². The van der Waals surface area contributed by atoms with Gasteiger partial charge in [-0.3, -0.25) is 14.5 Å². The third-order valence-corrected chi connectivity index (χ3v) is 5.73. The first-order valence-electron chi connectivity index (χ1n) is 9.95. The Bertz CT molecular complexity index is 931. The topological polar surface area (TPSA) is 101 Å². The highest BCUT2D eigenvalue weighted by Gasteiger charge is 2.36. The molecule has 0 saturated carbocycles. The normalized spacial score (nSPS) is 13.9. The molecule has 0 aliphatic rings. The smallest absolute Gasteiger partial charge is 0.349 e. The third-order valence-electron chi connectivity index (χ3n) is 4.68. The number of amides is 2. The molecular weight excluding hydrogens is 443 g/mol. The van der Waals surface area contributed by atoms with Gasteiger partial charge in [-0.2, -0.15) is 13.2 Å². The fraction of sp³-hybridized carbons (Fsp3) is 0.429. The SMILES string of the molecule is CC(C)[C@H](N)C(=O)N[C@H](C=CC(=O)N(C)c1nnc(C(F)(F)F)s1)CCc1ccccc1. The van der Waals surface area contributed by atoms with E-state index in [4.69, 9.17) is 5.73 Å². The Labute approximate surface area is 188 Å². The Hall–Kier alpha value is -2.79. The second-order valence-electron chi connectivity index (χ2n) is 7.55. The molecular formula is C21H26F3N5O2S. The zero-order chi connectivity index (χ0) is 23.9. The number of nitrogens with one attached hydrogen (secondary N) is 1. The monoisotopic (exact) mass is 469 g/mol. The molecule has 1 aromatic heterocycles. The maximum atomic E-state index is 12.7. The number of likely N-dealkylation sites (N-methyl/N-ethyl adjacent to an activating group) is 1. The predicted molar refractivity (Wildman–Crippen MR) is 117 cm³/mol. The fourth-order valence-corrected chi connectivity index (χ4v) is 3.31. The molecule has 0 saturated heterocycles. The maximum Gasteiger partial charge on any atom is 0.445 e. The number of anilines is 1. The minimum atomic E-state index is -4.63. The molecule has 0 fully saturated rings. The van der Waals surface area contributed by atoms with Gasteiger partial charge >= 0.3 is 6.18 Å². The lowest BCUT2D eigenvalue weighted by molar-refractivity contribution is -0.138. The van der Waals surface area contributed by atoms with Crippen LogP contribution in [0.5, 0.6) is 0 Å². The molecule has 0 spiro atoms. The van der Waals surface area contributed by atoms with Crippen LogP contribution in [0.25, 0.3) is 0 Å². The average Bonchev–Trinajstić information content (AvgIpc) is 3.25. The summed E-state index contributed by atoms with van der Waals surface area (Å²) in [6.07, 6.45) is -0.769. The van der Waals surface area contributed by atoms with Crippen LogP contribution in [0.3, 0.4) is 0 Å². The number of benzene rings is 1. The lowest BCUT2D eigenvalue weighted by Crippen LogP contribution is -2.47.